The van der Waals surface area contributed by atoms with Gasteiger partial charge in [-0.2, -0.15) is 0 Å². The van der Waals surface area contributed by atoms with Gasteiger partial charge in [0.15, 0.2) is 0 Å². The topological polar surface area (TPSA) is 55.6 Å². The fourth-order valence-electron chi connectivity index (χ4n) is 2.47. The molecule has 1 aromatic carbocycles. The number of thiocarbonyl (C=S) groups is 1. The first kappa shape index (κ1) is 15.1. The van der Waals surface area contributed by atoms with Gasteiger partial charge in [0.2, 0.25) is 0 Å². The van der Waals surface area contributed by atoms with Gasteiger partial charge in [-0.25, -0.2) is 0 Å². The molecule has 2 rings (SSSR count). The zero-order valence-corrected chi connectivity index (χ0v) is 12.8. The van der Waals surface area contributed by atoms with E-state index in [4.69, 9.17) is 34.3 Å². The molecule has 0 aliphatic carbocycles. The van der Waals surface area contributed by atoms with Crippen molar-refractivity contribution in [3.05, 3.63) is 28.8 Å². The Morgan fingerprint density at radius 3 is 2.90 bits per heavy atom. The second kappa shape index (κ2) is 6.41. The van der Waals surface area contributed by atoms with Crippen LogP contribution in [0.5, 0.6) is 0 Å². The highest BCUT2D eigenvalue weighted by molar-refractivity contribution is 7.80. The highest BCUT2D eigenvalue weighted by Crippen LogP contribution is 2.28. The lowest BCUT2D eigenvalue weighted by molar-refractivity contribution is -0.145. The molecular weight excluding hydrogens is 296 g/mol. The molecule has 1 aliphatic rings. The summed E-state index contributed by atoms with van der Waals surface area (Å²) >= 11 is 11.1. The van der Waals surface area contributed by atoms with E-state index < -0.39 is 0 Å². The number of carbonyl (C=O) groups is 1. The molecular formula is C14H17ClN2O2S. The largest absolute Gasteiger partial charge is 0.469 e. The predicted octanol–water partition coefficient (Wildman–Crippen LogP) is 2.36. The van der Waals surface area contributed by atoms with E-state index in [0.717, 1.165) is 25.1 Å². The van der Waals surface area contributed by atoms with E-state index in [0.29, 0.717) is 17.1 Å². The summed E-state index contributed by atoms with van der Waals surface area (Å²) in [5.41, 5.74) is 7.24. The number of anilines is 1. The summed E-state index contributed by atoms with van der Waals surface area (Å²) in [6.07, 6.45) is 1.82. The minimum Gasteiger partial charge on any atom is -0.469 e. The number of esters is 1. The summed E-state index contributed by atoms with van der Waals surface area (Å²) in [6, 6.07) is 5.59. The van der Waals surface area contributed by atoms with E-state index in [9.17, 15) is 4.79 Å². The van der Waals surface area contributed by atoms with Crippen LogP contribution in [-0.4, -0.2) is 31.2 Å². The quantitative estimate of drug-likeness (QED) is 0.686. The maximum Gasteiger partial charge on any atom is 0.310 e. The minimum atomic E-state index is -0.152. The number of halogens is 1. The first-order chi connectivity index (χ1) is 9.52. The lowest BCUT2D eigenvalue weighted by atomic mass is 9.97. The van der Waals surface area contributed by atoms with Crippen molar-refractivity contribution in [1.82, 2.24) is 0 Å². The molecule has 108 valence electrons. The second-order valence-electron chi connectivity index (χ2n) is 4.84. The summed E-state index contributed by atoms with van der Waals surface area (Å²) < 4.78 is 4.82. The van der Waals surface area contributed by atoms with E-state index in [-0.39, 0.29) is 16.9 Å². The van der Waals surface area contributed by atoms with Gasteiger partial charge in [0, 0.05) is 24.3 Å². The van der Waals surface area contributed by atoms with Gasteiger partial charge in [-0.15, -0.1) is 0 Å². The van der Waals surface area contributed by atoms with Crippen LogP contribution in [0.1, 0.15) is 18.4 Å². The molecule has 1 fully saturated rings. The van der Waals surface area contributed by atoms with Gasteiger partial charge in [-0.3, -0.25) is 4.79 Å². The van der Waals surface area contributed by atoms with Gasteiger partial charge in [0.25, 0.3) is 0 Å². The van der Waals surface area contributed by atoms with Crippen LogP contribution in [0.25, 0.3) is 0 Å². The molecule has 20 heavy (non-hydrogen) atoms. The highest BCUT2D eigenvalue weighted by Gasteiger charge is 2.26. The minimum absolute atomic E-state index is 0.0808. The number of rotatable bonds is 3. The van der Waals surface area contributed by atoms with Crippen molar-refractivity contribution in [1.29, 1.82) is 0 Å². The number of benzene rings is 1. The molecule has 1 unspecified atom stereocenters. The Balaban J connectivity index is 2.17. The van der Waals surface area contributed by atoms with Crippen LogP contribution in [0.4, 0.5) is 5.69 Å². The maximum atomic E-state index is 11.6. The van der Waals surface area contributed by atoms with Crippen LogP contribution in [0.2, 0.25) is 5.02 Å². The third kappa shape index (κ3) is 3.22. The van der Waals surface area contributed by atoms with Crippen molar-refractivity contribution in [2.24, 2.45) is 11.7 Å². The number of carbonyl (C=O) groups excluding carboxylic acids is 1. The third-order valence-corrected chi connectivity index (χ3v) is 4.07. The average molecular weight is 313 g/mol. The van der Waals surface area contributed by atoms with Crippen molar-refractivity contribution in [3.63, 3.8) is 0 Å². The van der Waals surface area contributed by atoms with Crippen LogP contribution in [0.3, 0.4) is 0 Å². The average Bonchev–Trinajstić information content (AvgIpc) is 2.46. The summed E-state index contributed by atoms with van der Waals surface area (Å²) in [6.45, 7) is 1.55. The smallest absolute Gasteiger partial charge is 0.310 e. The first-order valence-corrected chi connectivity index (χ1v) is 7.23. The molecule has 2 N–H and O–H groups in total. The molecule has 0 saturated carbocycles. The fourth-order valence-corrected chi connectivity index (χ4v) is 2.98. The molecule has 0 aromatic heterocycles. The number of ether oxygens (including phenoxy) is 1. The molecule has 1 saturated heterocycles. The monoisotopic (exact) mass is 312 g/mol. The summed E-state index contributed by atoms with van der Waals surface area (Å²) in [5.74, 6) is -0.233. The molecule has 1 heterocycles. The van der Waals surface area contributed by atoms with Crippen LogP contribution < -0.4 is 10.6 Å². The molecule has 1 aromatic rings. The van der Waals surface area contributed by atoms with E-state index in [1.165, 1.54) is 7.11 Å². The van der Waals surface area contributed by atoms with Crippen molar-refractivity contribution >= 4 is 40.5 Å². The van der Waals surface area contributed by atoms with Gasteiger partial charge in [0.1, 0.15) is 4.99 Å². The normalized spacial score (nSPS) is 18.7. The number of nitrogens with two attached hydrogens (primary N) is 1. The lowest BCUT2D eigenvalue weighted by Gasteiger charge is -2.33. The Morgan fingerprint density at radius 1 is 1.55 bits per heavy atom. The van der Waals surface area contributed by atoms with Gasteiger partial charge in [0.05, 0.1) is 18.1 Å². The van der Waals surface area contributed by atoms with Crippen LogP contribution >= 0.6 is 23.8 Å². The third-order valence-electron chi connectivity index (χ3n) is 3.54. The van der Waals surface area contributed by atoms with Gasteiger partial charge in [-0.05, 0) is 31.0 Å². The fraction of sp³-hybridized carbons (Fsp3) is 0.429. The Morgan fingerprint density at radius 2 is 2.30 bits per heavy atom. The molecule has 4 nitrogen and oxygen atoms in total. The molecule has 1 atom stereocenters. The zero-order valence-electron chi connectivity index (χ0n) is 11.3. The van der Waals surface area contributed by atoms with Crippen molar-refractivity contribution < 1.29 is 9.53 Å². The van der Waals surface area contributed by atoms with Crippen LogP contribution in [-0.2, 0) is 9.53 Å². The zero-order chi connectivity index (χ0) is 14.7. The standard InChI is InChI=1S/C14H17ClN2O2S/c1-19-14(18)9-3-2-6-17(8-9)10-4-5-11(13(16)20)12(15)7-10/h4-5,7,9H,2-3,6,8H2,1H3,(H2,16,20). The van der Waals surface area contributed by atoms with Crippen LogP contribution in [0, 0.1) is 5.92 Å². The first-order valence-electron chi connectivity index (χ1n) is 6.45. The van der Waals surface area contributed by atoms with E-state index >= 15 is 0 Å². The lowest BCUT2D eigenvalue weighted by Crippen LogP contribution is -2.39. The summed E-state index contributed by atoms with van der Waals surface area (Å²) in [4.78, 5) is 14.1. The van der Waals surface area contributed by atoms with Crippen molar-refractivity contribution in [2.75, 3.05) is 25.1 Å². The summed E-state index contributed by atoms with van der Waals surface area (Å²) in [5, 5.41) is 0.537. The van der Waals surface area contributed by atoms with E-state index in [2.05, 4.69) is 4.90 Å². The SMILES string of the molecule is COC(=O)C1CCCN(c2ccc(C(N)=S)c(Cl)c2)C1. The number of hydrogen-bond donors (Lipinski definition) is 1. The van der Waals surface area contributed by atoms with E-state index in [1.54, 1.807) is 0 Å². The number of hydrogen-bond acceptors (Lipinski definition) is 4. The van der Waals surface area contributed by atoms with Gasteiger partial charge < -0.3 is 15.4 Å². The Labute approximate surface area is 128 Å². The molecule has 0 radical (unpaired) electrons. The Kier molecular flexibility index (Phi) is 4.83. The summed E-state index contributed by atoms with van der Waals surface area (Å²) in [7, 11) is 1.43. The molecule has 6 heteroatoms. The predicted molar refractivity (Wildman–Crippen MR) is 84.3 cm³/mol. The van der Waals surface area contributed by atoms with Crippen molar-refractivity contribution in [3.8, 4) is 0 Å². The molecule has 0 spiro atoms. The van der Waals surface area contributed by atoms with Gasteiger partial charge >= 0.3 is 5.97 Å². The molecule has 1 aliphatic heterocycles. The van der Waals surface area contributed by atoms with Crippen LogP contribution in [0.15, 0.2) is 18.2 Å². The van der Waals surface area contributed by atoms with Crippen molar-refractivity contribution in [2.45, 2.75) is 12.8 Å². The van der Waals surface area contributed by atoms with Gasteiger partial charge in [-0.1, -0.05) is 23.8 Å². The maximum absolute atomic E-state index is 11.6. The highest BCUT2D eigenvalue weighted by atomic mass is 35.5. The Hall–Kier alpha value is -1.33. The molecule has 0 bridgehead atoms. The molecule has 0 amide bonds. The Bertz CT molecular complexity index is 536. The number of piperidine rings is 1. The number of methoxy groups -OCH3 is 1. The second-order valence-corrected chi connectivity index (χ2v) is 5.68. The number of nitrogens with zero attached hydrogens (tertiary/aromatic N) is 1. The van der Waals surface area contributed by atoms with E-state index in [1.807, 2.05) is 18.2 Å².